The molecule has 0 saturated carbocycles. The minimum absolute atomic E-state index is 0.104. The molecule has 0 spiro atoms. The fraction of sp³-hybridized carbons (Fsp3) is 0.214. The van der Waals surface area contributed by atoms with Crippen LogP contribution in [0.25, 0.3) is 0 Å². The molecular formula is C14H17N5O4S. The number of ether oxygens (including phenoxy) is 2. The van der Waals surface area contributed by atoms with E-state index in [9.17, 15) is 4.79 Å². The Bertz CT molecular complexity index is 747. The van der Waals surface area contributed by atoms with Gasteiger partial charge in [-0.1, -0.05) is 16.9 Å². The molecule has 0 aliphatic heterocycles. The van der Waals surface area contributed by atoms with E-state index in [-0.39, 0.29) is 17.5 Å². The van der Waals surface area contributed by atoms with Crippen LogP contribution in [0.2, 0.25) is 0 Å². The van der Waals surface area contributed by atoms with Crippen LogP contribution in [0.4, 0.5) is 5.69 Å². The number of methoxy groups -OCH3 is 2. The van der Waals surface area contributed by atoms with Crippen LogP contribution in [-0.4, -0.2) is 46.9 Å². The van der Waals surface area contributed by atoms with Crippen LogP contribution in [0.3, 0.4) is 0 Å². The van der Waals surface area contributed by atoms with Crippen LogP contribution >= 0.6 is 11.8 Å². The predicted octanol–water partition coefficient (Wildman–Crippen LogP) is 1.25. The number of amidine groups is 1. The van der Waals surface area contributed by atoms with Crippen molar-refractivity contribution in [1.82, 2.24) is 9.97 Å². The summed E-state index contributed by atoms with van der Waals surface area (Å²) in [4.78, 5) is 18.9. The minimum Gasteiger partial charge on any atom is -0.493 e. The standard InChI is InChI=1S/C14H17N5O4S/c1-22-10-4-3-8(5-11(10)23-2)17-12(20)7-24-14-16-6-9(18-14)13(15)19-21/h3-6,21H,7H2,1-2H3,(H2,15,19)(H,16,18)(H,17,20). The van der Waals surface area contributed by atoms with Gasteiger partial charge in [0.15, 0.2) is 22.5 Å². The molecule has 0 aliphatic rings. The molecule has 10 heteroatoms. The van der Waals surface area contributed by atoms with Crippen molar-refractivity contribution in [3.8, 4) is 11.5 Å². The molecule has 0 bridgehead atoms. The van der Waals surface area contributed by atoms with Crippen molar-refractivity contribution in [3.63, 3.8) is 0 Å². The van der Waals surface area contributed by atoms with E-state index in [1.165, 1.54) is 25.1 Å². The highest BCUT2D eigenvalue weighted by Gasteiger charge is 2.10. The molecule has 2 aromatic rings. The smallest absolute Gasteiger partial charge is 0.234 e. The van der Waals surface area contributed by atoms with Crippen LogP contribution in [0, 0.1) is 0 Å². The molecule has 1 amide bonds. The Morgan fingerprint density at radius 3 is 2.83 bits per heavy atom. The average molecular weight is 351 g/mol. The van der Waals surface area contributed by atoms with E-state index in [2.05, 4.69) is 20.4 Å². The maximum Gasteiger partial charge on any atom is 0.234 e. The van der Waals surface area contributed by atoms with E-state index in [1.54, 1.807) is 25.3 Å². The van der Waals surface area contributed by atoms with Crippen molar-refractivity contribution < 1.29 is 19.5 Å². The van der Waals surface area contributed by atoms with Crippen LogP contribution < -0.4 is 20.5 Å². The number of nitrogens with one attached hydrogen (secondary N) is 2. The molecule has 1 aromatic heterocycles. The molecule has 128 valence electrons. The van der Waals surface area contributed by atoms with Crippen molar-refractivity contribution in [2.75, 3.05) is 25.3 Å². The van der Waals surface area contributed by atoms with Gasteiger partial charge in [-0.3, -0.25) is 4.79 Å². The van der Waals surface area contributed by atoms with Gasteiger partial charge < -0.3 is 30.7 Å². The Morgan fingerprint density at radius 1 is 1.42 bits per heavy atom. The van der Waals surface area contributed by atoms with Gasteiger partial charge in [-0.15, -0.1) is 0 Å². The zero-order valence-electron chi connectivity index (χ0n) is 13.1. The average Bonchev–Trinajstić information content (AvgIpc) is 3.08. The van der Waals surface area contributed by atoms with E-state index in [0.717, 1.165) is 0 Å². The van der Waals surface area contributed by atoms with Gasteiger partial charge >= 0.3 is 0 Å². The normalized spacial score (nSPS) is 11.2. The van der Waals surface area contributed by atoms with Gasteiger partial charge in [0.1, 0.15) is 5.69 Å². The second-order valence-corrected chi connectivity index (χ2v) is 5.45. The molecule has 0 unspecified atom stereocenters. The van der Waals surface area contributed by atoms with Crippen molar-refractivity contribution in [2.24, 2.45) is 10.9 Å². The van der Waals surface area contributed by atoms with Gasteiger partial charge in [-0.2, -0.15) is 0 Å². The number of aromatic nitrogens is 2. The van der Waals surface area contributed by atoms with Crippen LogP contribution in [-0.2, 0) is 4.79 Å². The van der Waals surface area contributed by atoms with E-state index in [4.69, 9.17) is 20.4 Å². The van der Waals surface area contributed by atoms with Gasteiger partial charge in [-0.05, 0) is 12.1 Å². The fourth-order valence-electron chi connectivity index (χ4n) is 1.81. The Kier molecular flexibility index (Phi) is 5.90. The molecule has 1 aromatic carbocycles. The molecule has 0 radical (unpaired) electrons. The Labute approximate surface area is 142 Å². The molecule has 0 aliphatic carbocycles. The summed E-state index contributed by atoms with van der Waals surface area (Å²) in [6, 6.07) is 5.09. The zero-order chi connectivity index (χ0) is 17.5. The van der Waals surface area contributed by atoms with Crippen molar-refractivity contribution in [3.05, 3.63) is 30.1 Å². The van der Waals surface area contributed by atoms with Gasteiger partial charge in [0.2, 0.25) is 5.91 Å². The van der Waals surface area contributed by atoms with E-state index in [0.29, 0.717) is 28.0 Å². The molecule has 24 heavy (non-hydrogen) atoms. The van der Waals surface area contributed by atoms with Gasteiger partial charge in [-0.25, -0.2) is 4.98 Å². The molecule has 0 saturated heterocycles. The summed E-state index contributed by atoms with van der Waals surface area (Å²) in [7, 11) is 3.06. The SMILES string of the molecule is COc1ccc(NC(=O)CSc2nc(/C(N)=N/O)c[nH]2)cc1OC. The van der Waals surface area contributed by atoms with E-state index in [1.807, 2.05) is 0 Å². The summed E-state index contributed by atoms with van der Waals surface area (Å²) in [5.74, 6) is 0.924. The predicted molar refractivity (Wildman–Crippen MR) is 90.0 cm³/mol. The lowest BCUT2D eigenvalue weighted by Gasteiger charge is -2.10. The summed E-state index contributed by atoms with van der Waals surface area (Å²) in [5.41, 5.74) is 6.32. The second kappa shape index (κ2) is 8.11. The highest BCUT2D eigenvalue weighted by Crippen LogP contribution is 2.29. The number of carbonyl (C=O) groups is 1. The first-order valence-electron chi connectivity index (χ1n) is 6.75. The van der Waals surface area contributed by atoms with Crippen LogP contribution in [0.15, 0.2) is 34.7 Å². The van der Waals surface area contributed by atoms with Gasteiger partial charge in [0.05, 0.1) is 20.0 Å². The number of thioether (sulfide) groups is 1. The topological polar surface area (TPSA) is 135 Å². The monoisotopic (exact) mass is 351 g/mol. The minimum atomic E-state index is -0.214. The lowest BCUT2D eigenvalue weighted by molar-refractivity contribution is -0.113. The van der Waals surface area contributed by atoms with E-state index < -0.39 is 0 Å². The van der Waals surface area contributed by atoms with E-state index >= 15 is 0 Å². The van der Waals surface area contributed by atoms with Gasteiger partial charge in [0.25, 0.3) is 0 Å². The van der Waals surface area contributed by atoms with Crippen molar-refractivity contribution in [2.45, 2.75) is 5.16 Å². The quantitative estimate of drug-likeness (QED) is 0.194. The number of oxime groups is 1. The second-order valence-electron chi connectivity index (χ2n) is 4.48. The number of nitrogens with two attached hydrogens (primary N) is 1. The molecule has 2 rings (SSSR count). The third-order valence-electron chi connectivity index (χ3n) is 2.93. The number of nitrogens with zero attached hydrogens (tertiary/aromatic N) is 2. The summed E-state index contributed by atoms with van der Waals surface area (Å²) in [6.45, 7) is 0. The Hall–Kier alpha value is -2.88. The first-order valence-corrected chi connectivity index (χ1v) is 7.74. The fourth-order valence-corrected chi connectivity index (χ4v) is 2.45. The summed E-state index contributed by atoms with van der Waals surface area (Å²) < 4.78 is 10.3. The molecule has 5 N–H and O–H groups in total. The Balaban J connectivity index is 1.93. The van der Waals surface area contributed by atoms with Crippen molar-refractivity contribution >= 4 is 29.2 Å². The van der Waals surface area contributed by atoms with Gasteiger partial charge in [0, 0.05) is 18.0 Å². The number of amides is 1. The first-order chi connectivity index (χ1) is 11.6. The number of rotatable bonds is 7. The number of carbonyl (C=O) groups excluding carboxylic acids is 1. The molecule has 9 nitrogen and oxygen atoms in total. The zero-order valence-corrected chi connectivity index (χ0v) is 13.9. The number of hydrogen-bond acceptors (Lipinski definition) is 7. The summed E-state index contributed by atoms with van der Waals surface area (Å²) >= 11 is 1.19. The highest BCUT2D eigenvalue weighted by molar-refractivity contribution is 7.99. The Morgan fingerprint density at radius 2 is 2.17 bits per heavy atom. The van der Waals surface area contributed by atoms with Crippen LogP contribution in [0.1, 0.15) is 5.69 Å². The lowest BCUT2D eigenvalue weighted by Crippen LogP contribution is -2.14. The number of aromatic amines is 1. The maximum absolute atomic E-state index is 12.0. The first kappa shape index (κ1) is 17.5. The van der Waals surface area contributed by atoms with Crippen LogP contribution in [0.5, 0.6) is 11.5 Å². The van der Waals surface area contributed by atoms with Crippen molar-refractivity contribution in [1.29, 1.82) is 0 Å². The molecular weight excluding hydrogens is 334 g/mol. The highest BCUT2D eigenvalue weighted by atomic mass is 32.2. The largest absolute Gasteiger partial charge is 0.493 e. The number of hydrogen-bond donors (Lipinski definition) is 4. The molecule has 1 heterocycles. The third kappa shape index (κ3) is 4.32. The summed E-state index contributed by atoms with van der Waals surface area (Å²) in [5, 5.41) is 14.7. The third-order valence-corrected chi connectivity index (χ3v) is 3.82. The number of anilines is 1. The maximum atomic E-state index is 12.0. The number of imidazole rings is 1. The number of H-pyrrole nitrogens is 1. The summed E-state index contributed by atoms with van der Waals surface area (Å²) in [6.07, 6.45) is 1.49. The molecule has 0 atom stereocenters. The molecule has 0 fully saturated rings. The number of benzene rings is 1. The lowest BCUT2D eigenvalue weighted by atomic mass is 10.2.